The predicted octanol–water partition coefficient (Wildman–Crippen LogP) is 3.24. The lowest BCUT2D eigenvalue weighted by Crippen LogP contribution is -2.33. The van der Waals surface area contributed by atoms with E-state index in [1.165, 1.54) is 16.1 Å². The van der Waals surface area contributed by atoms with Gasteiger partial charge in [-0.25, -0.2) is 5.01 Å². The Bertz CT molecular complexity index is 1640. The Morgan fingerprint density at radius 1 is 1.05 bits per heavy atom. The molecule has 1 unspecified atom stereocenters. The molecule has 4 aromatic rings. The number of ether oxygens (including phenoxy) is 1. The number of guanidine groups is 1. The first-order valence-electron chi connectivity index (χ1n) is 11.7. The van der Waals surface area contributed by atoms with Crippen LogP contribution in [0.2, 0.25) is 0 Å². The smallest absolute Gasteiger partial charge is 0.416 e. The van der Waals surface area contributed by atoms with Gasteiger partial charge in [0.05, 0.1) is 22.7 Å². The molecular formula is C25H21F3N8O3S. The summed E-state index contributed by atoms with van der Waals surface area (Å²) < 4.78 is 74.2. The molecule has 5 rings (SSSR count). The van der Waals surface area contributed by atoms with Gasteiger partial charge in [0.15, 0.2) is 6.33 Å². The predicted molar refractivity (Wildman–Crippen MR) is 138 cm³/mol. The zero-order valence-electron chi connectivity index (χ0n) is 20.5. The molecule has 2 N–H and O–H groups in total. The largest absolute Gasteiger partial charge is 0.470 e. The Hall–Kier alpha value is -4.79. The van der Waals surface area contributed by atoms with Gasteiger partial charge in [0.2, 0.25) is 12.7 Å². The fourth-order valence-corrected chi connectivity index (χ4v) is 4.98. The minimum absolute atomic E-state index is 0.0636. The van der Waals surface area contributed by atoms with Crippen LogP contribution in [0, 0.1) is 0 Å². The second-order valence-corrected chi connectivity index (χ2v) is 10.2. The van der Waals surface area contributed by atoms with Gasteiger partial charge in [-0.1, -0.05) is 36.4 Å². The van der Waals surface area contributed by atoms with Gasteiger partial charge in [-0.3, -0.25) is 0 Å². The molecule has 0 aliphatic carbocycles. The lowest BCUT2D eigenvalue weighted by atomic mass is 9.90. The van der Waals surface area contributed by atoms with E-state index in [1.807, 2.05) is 30.3 Å². The van der Waals surface area contributed by atoms with Crippen LogP contribution < -0.4 is 10.5 Å². The Morgan fingerprint density at radius 2 is 1.80 bits per heavy atom. The van der Waals surface area contributed by atoms with Crippen molar-refractivity contribution in [2.45, 2.75) is 23.7 Å². The zero-order chi connectivity index (χ0) is 28.3. The molecule has 3 aromatic carbocycles. The van der Waals surface area contributed by atoms with Crippen molar-refractivity contribution in [3.8, 4) is 5.75 Å². The standard InChI is InChI=1S/C25H21F3N8O3S/c26-25(27,28)19-7-4-8-21(13-19)40(37,38)33-24(29)35-14-22(17-5-2-1-3-6-17)23(32-35)18-9-11-20(12-10-18)39-16-36-31-15-30-34-36/h1-13,15,22H,14,16H2,(H2,29,33). The summed E-state index contributed by atoms with van der Waals surface area (Å²) in [5, 5.41) is 17.0. The van der Waals surface area contributed by atoms with Crippen LogP contribution in [0.25, 0.3) is 0 Å². The van der Waals surface area contributed by atoms with Crippen LogP contribution in [-0.2, 0) is 22.9 Å². The molecule has 2 heterocycles. The number of sulfonamides is 1. The Balaban J connectivity index is 1.42. The second kappa shape index (κ2) is 10.8. The summed E-state index contributed by atoms with van der Waals surface area (Å²) in [4.78, 5) is 0.637. The van der Waals surface area contributed by atoms with Crippen LogP contribution >= 0.6 is 0 Å². The van der Waals surface area contributed by atoms with Crippen LogP contribution in [-0.4, -0.2) is 51.8 Å². The molecule has 206 valence electrons. The summed E-state index contributed by atoms with van der Waals surface area (Å²) in [6.45, 7) is 0.219. The van der Waals surface area contributed by atoms with Crippen LogP contribution in [0.5, 0.6) is 5.75 Å². The minimum atomic E-state index is -4.72. The minimum Gasteiger partial charge on any atom is -0.470 e. The van der Waals surface area contributed by atoms with E-state index in [1.54, 1.807) is 24.3 Å². The molecule has 0 fully saturated rings. The molecule has 0 saturated heterocycles. The molecule has 1 aliphatic heterocycles. The second-order valence-electron chi connectivity index (χ2n) is 8.59. The first kappa shape index (κ1) is 26.8. The zero-order valence-corrected chi connectivity index (χ0v) is 21.4. The molecule has 1 aliphatic rings. The van der Waals surface area contributed by atoms with E-state index >= 15 is 0 Å². The summed E-state index contributed by atoms with van der Waals surface area (Å²) in [6.07, 6.45) is -3.42. The van der Waals surface area contributed by atoms with Crippen LogP contribution in [0.15, 0.2) is 99.6 Å². The van der Waals surface area contributed by atoms with E-state index in [4.69, 9.17) is 10.5 Å². The maximum absolute atomic E-state index is 13.1. The molecule has 40 heavy (non-hydrogen) atoms. The number of tetrazole rings is 1. The Kier molecular flexibility index (Phi) is 7.21. The van der Waals surface area contributed by atoms with Crippen LogP contribution in [0.4, 0.5) is 13.2 Å². The molecule has 1 atom stereocenters. The maximum atomic E-state index is 13.1. The number of aromatic nitrogens is 4. The lowest BCUT2D eigenvalue weighted by Gasteiger charge is -2.16. The number of hydrogen-bond donors (Lipinski definition) is 1. The number of hydrogen-bond acceptors (Lipinski definition) is 7. The van der Waals surface area contributed by atoms with Crippen molar-refractivity contribution in [1.29, 1.82) is 0 Å². The van der Waals surface area contributed by atoms with Gasteiger partial charge in [-0.2, -0.15) is 26.7 Å². The summed E-state index contributed by atoms with van der Waals surface area (Å²) in [5.74, 6) is -0.244. The lowest BCUT2D eigenvalue weighted by molar-refractivity contribution is -0.137. The number of hydrazone groups is 1. The van der Waals surface area contributed by atoms with Crippen molar-refractivity contribution >= 4 is 21.7 Å². The van der Waals surface area contributed by atoms with Gasteiger partial charge in [-0.15, -0.1) is 19.4 Å². The molecule has 11 nitrogen and oxygen atoms in total. The normalized spacial score (nSPS) is 16.2. The van der Waals surface area contributed by atoms with Gasteiger partial charge >= 0.3 is 6.18 Å². The highest BCUT2D eigenvalue weighted by molar-refractivity contribution is 7.90. The number of benzene rings is 3. The molecular weight excluding hydrogens is 549 g/mol. The molecule has 0 saturated carbocycles. The third kappa shape index (κ3) is 5.93. The van der Waals surface area contributed by atoms with Gasteiger partial charge in [0.1, 0.15) is 5.75 Å². The summed E-state index contributed by atoms with van der Waals surface area (Å²) in [7, 11) is -4.56. The van der Waals surface area contributed by atoms with Gasteiger partial charge in [0, 0.05) is 5.92 Å². The molecule has 15 heteroatoms. The number of nitrogens with zero attached hydrogens (tertiary/aromatic N) is 7. The quantitative estimate of drug-likeness (QED) is 0.264. The van der Waals surface area contributed by atoms with E-state index < -0.39 is 32.6 Å². The Labute approximate surface area is 226 Å². The third-order valence-electron chi connectivity index (χ3n) is 5.94. The molecule has 0 amide bonds. The van der Waals surface area contributed by atoms with Crippen LogP contribution in [0.1, 0.15) is 22.6 Å². The van der Waals surface area contributed by atoms with Crippen molar-refractivity contribution in [3.63, 3.8) is 0 Å². The van der Waals surface area contributed by atoms with E-state index in [0.717, 1.165) is 29.3 Å². The summed E-state index contributed by atoms with van der Waals surface area (Å²) in [6, 6.07) is 19.7. The first-order chi connectivity index (χ1) is 19.1. The topological polar surface area (TPSA) is 141 Å². The molecule has 0 radical (unpaired) electrons. The van der Waals surface area contributed by atoms with E-state index in [0.29, 0.717) is 17.5 Å². The van der Waals surface area contributed by atoms with E-state index in [9.17, 15) is 21.6 Å². The molecule has 1 aromatic heterocycles. The van der Waals surface area contributed by atoms with E-state index in [-0.39, 0.29) is 19.2 Å². The number of rotatable bonds is 7. The van der Waals surface area contributed by atoms with Crippen molar-refractivity contribution in [2.24, 2.45) is 15.2 Å². The summed E-state index contributed by atoms with van der Waals surface area (Å²) in [5.41, 5.74) is 7.14. The fraction of sp³-hybridized carbons (Fsp3) is 0.160. The van der Waals surface area contributed by atoms with Crippen molar-refractivity contribution < 1.29 is 26.3 Å². The maximum Gasteiger partial charge on any atom is 0.416 e. The SMILES string of the molecule is N/C(=N\S(=O)(=O)c1cccc(C(F)(F)F)c1)N1CC(c2ccccc2)C(c2ccc(OCn3ncnn3)cc2)=N1. The van der Waals surface area contributed by atoms with Gasteiger partial charge < -0.3 is 10.5 Å². The first-order valence-corrected chi connectivity index (χ1v) is 13.2. The monoisotopic (exact) mass is 570 g/mol. The van der Waals surface area contributed by atoms with Crippen molar-refractivity contribution in [2.75, 3.05) is 6.54 Å². The molecule has 0 bridgehead atoms. The number of alkyl halides is 3. The number of nitrogens with two attached hydrogens (primary N) is 1. The van der Waals surface area contributed by atoms with Gasteiger partial charge in [-0.05, 0) is 58.8 Å². The average Bonchev–Trinajstić information content (AvgIpc) is 3.63. The third-order valence-corrected chi connectivity index (χ3v) is 7.22. The van der Waals surface area contributed by atoms with Crippen LogP contribution in [0.3, 0.4) is 0 Å². The highest BCUT2D eigenvalue weighted by Crippen LogP contribution is 2.32. The highest BCUT2D eigenvalue weighted by atomic mass is 32.2. The van der Waals surface area contributed by atoms with E-state index in [2.05, 4.69) is 24.9 Å². The van der Waals surface area contributed by atoms with Gasteiger partial charge in [0.25, 0.3) is 10.0 Å². The average molecular weight is 571 g/mol. The number of halogens is 3. The molecule has 0 spiro atoms. The van der Waals surface area contributed by atoms with Crippen molar-refractivity contribution in [1.82, 2.24) is 25.2 Å². The highest BCUT2D eigenvalue weighted by Gasteiger charge is 2.33. The Morgan fingerprint density at radius 3 is 2.48 bits per heavy atom. The fourth-order valence-electron chi connectivity index (χ4n) is 4.01. The van der Waals surface area contributed by atoms with Crippen molar-refractivity contribution in [3.05, 3.63) is 102 Å². The summed E-state index contributed by atoms with van der Waals surface area (Å²) >= 11 is 0.